The van der Waals surface area contributed by atoms with Crippen molar-refractivity contribution in [2.24, 2.45) is 0 Å². The Hall–Kier alpha value is -2.94. The van der Waals surface area contributed by atoms with Gasteiger partial charge in [0.1, 0.15) is 0 Å². The average molecular weight is 364 g/mol. The second-order valence-corrected chi connectivity index (χ2v) is 7.23. The molecule has 0 spiro atoms. The predicted molar refractivity (Wildman–Crippen MR) is 91.5 cm³/mol. The van der Waals surface area contributed by atoms with Gasteiger partial charge in [0.2, 0.25) is 0 Å². The Morgan fingerprint density at radius 2 is 1.76 bits per heavy atom. The van der Waals surface area contributed by atoms with E-state index in [9.17, 15) is 23.3 Å². The number of carboxylic acids is 1. The second-order valence-electron chi connectivity index (χ2n) is 5.58. The van der Waals surface area contributed by atoms with Crippen molar-refractivity contribution in [3.05, 3.63) is 62.7 Å². The van der Waals surface area contributed by atoms with Gasteiger partial charge in [-0.1, -0.05) is 6.07 Å². The Morgan fingerprint density at radius 3 is 2.32 bits per heavy atom. The number of nitrogens with one attached hydrogen (secondary N) is 1. The van der Waals surface area contributed by atoms with Gasteiger partial charge >= 0.3 is 5.97 Å². The predicted octanol–water partition coefficient (Wildman–Crippen LogP) is 3.02. The molecule has 0 aromatic heterocycles. The number of anilines is 1. The molecule has 2 aromatic rings. The van der Waals surface area contributed by atoms with Crippen LogP contribution in [0.2, 0.25) is 0 Å². The number of sulfonamides is 1. The van der Waals surface area contributed by atoms with Crippen LogP contribution in [0.1, 0.15) is 27.0 Å². The quantitative estimate of drug-likeness (QED) is 0.620. The molecule has 0 aliphatic rings. The summed E-state index contributed by atoms with van der Waals surface area (Å²) in [6, 6.07) is 6.28. The summed E-state index contributed by atoms with van der Waals surface area (Å²) in [5.41, 5.74) is 1.07. The number of hydrogen-bond acceptors (Lipinski definition) is 5. The van der Waals surface area contributed by atoms with E-state index in [1.807, 2.05) is 0 Å². The number of nitro groups is 1. The molecule has 0 amide bonds. The van der Waals surface area contributed by atoms with E-state index in [1.165, 1.54) is 18.2 Å². The van der Waals surface area contributed by atoms with Crippen LogP contribution in [0.3, 0.4) is 0 Å². The Balaban J connectivity index is 2.56. The Morgan fingerprint density at radius 1 is 1.12 bits per heavy atom. The van der Waals surface area contributed by atoms with E-state index in [0.717, 1.165) is 12.1 Å². The lowest BCUT2D eigenvalue weighted by Crippen LogP contribution is -2.16. The Labute approximate surface area is 144 Å². The van der Waals surface area contributed by atoms with Crippen LogP contribution in [0.5, 0.6) is 0 Å². The lowest BCUT2D eigenvalue weighted by atomic mass is 10.1. The molecule has 0 radical (unpaired) electrons. The van der Waals surface area contributed by atoms with Gasteiger partial charge in [-0.3, -0.25) is 14.8 Å². The van der Waals surface area contributed by atoms with E-state index >= 15 is 0 Å². The van der Waals surface area contributed by atoms with Crippen LogP contribution in [0, 0.1) is 30.9 Å². The fraction of sp³-hybridized carbons (Fsp3) is 0.188. The van der Waals surface area contributed by atoms with Crippen molar-refractivity contribution in [1.29, 1.82) is 0 Å². The van der Waals surface area contributed by atoms with E-state index in [0.29, 0.717) is 16.7 Å². The summed E-state index contributed by atoms with van der Waals surface area (Å²) in [5.74, 6) is -1.24. The van der Waals surface area contributed by atoms with Gasteiger partial charge in [0.05, 0.1) is 21.1 Å². The molecule has 0 heterocycles. The molecule has 2 rings (SSSR count). The maximum absolute atomic E-state index is 12.7. The molecule has 25 heavy (non-hydrogen) atoms. The normalized spacial score (nSPS) is 11.2. The largest absolute Gasteiger partial charge is 0.478 e. The topological polar surface area (TPSA) is 127 Å². The van der Waals surface area contributed by atoms with Crippen LogP contribution in [0.4, 0.5) is 11.4 Å². The van der Waals surface area contributed by atoms with E-state index in [-0.39, 0.29) is 21.8 Å². The lowest BCUT2D eigenvalue weighted by molar-refractivity contribution is -0.384. The number of aromatic carboxylic acids is 1. The van der Waals surface area contributed by atoms with Crippen LogP contribution < -0.4 is 4.72 Å². The van der Waals surface area contributed by atoms with Gasteiger partial charge in [-0.2, -0.15) is 0 Å². The molecular formula is C16H16N2O6S. The second kappa shape index (κ2) is 6.52. The molecule has 2 aromatic carbocycles. The van der Waals surface area contributed by atoms with Crippen molar-refractivity contribution in [3.63, 3.8) is 0 Å². The summed E-state index contributed by atoms with van der Waals surface area (Å²) in [4.78, 5) is 21.3. The van der Waals surface area contributed by atoms with Crippen LogP contribution >= 0.6 is 0 Å². The maximum Gasteiger partial charge on any atom is 0.335 e. The summed E-state index contributed by atoms with van der Waals surface area (Å²) >= 11 is 0. The van der Waals surface area contributed by atoms with Crippen molar-refractivity contribution < 1.29 is 23.2 Å². The molecule has 132 valence electrons. The monoisotopic (exact) mass is 364 g/mol. The molecule has 0 saturated heterocycles. The first kappa shape index (κ1) is 18.4. The highest BCUT2D eigenvalue weighted by molar-refractivity contribution is 7.92. The van der Waals surface area contributed by atoms with Gasteiger partial charge in [0, 0.05) is 12.1 Å². The number of nitrogens with zero attached hydrogens (tertiary/aromatic N) is 1. The molecule has 9 heteroatoms. The minimum absolute atomic E-state index is 0.0620. The standard InChI is InChI=1S/C16H16N2O6S/c1-9-4-5-13(18(21)22)8-14(9)17-25(23,24)15-7-12(16(19)20)6-10(2)11(15)3/h4-8,17H,1-3H3,(H,19,20). The summed E-state index contributed by atoms with van der Waals surface area (Å²) in [5, 5.41) is 20.0. The summed E-state index contributed by atoms with van der Waals surface area (Å²) < 4.78 is 27.7. The van der Waals surface area contributed by atoms with Crippen LogP contribution in [0.15, 0.2) is 35.2 Å². The highest BCUT2D eigenvalue weighted by Crippen LogP contribution is 2.27. The number of carboxylic acid groups (broad SMARTS) is 1. The number of hydrogen-bond donors (Lipinski definition) is 2. The SMILES string of the molecule is Cc1ccc([N+](=O)[O-])cc1NS(=O)(=O)c1cc(C(=O)O)cc(C)c1C. The molecule has 0 bridgehead atoms. The lowest BCUT2D eigenvalue weighted by Gasteiger charge is -2.14. The number of rotatable bonds is 5. The molecule has 0 aliphatic heterocycles. The van der Waals surface area contributed by atoms with Crippen molar-refractivity contribution in [1.82, 2.24) is 0 Å². The highest BCUT2D eigenvalue weighted by atomic mass is 32.2. The first-order valence-electron chi connectivity index (χ1n) is 7.15. The van der Waals surface area contributed by atoms with Crippen molar-refractivity contribution >= 4 is 27.4 Å². The molecular weight excluding hydrogens is 348 g/mol. The first-order chi connectivity index (χ1) is 11.5. The van der Waals surface area contributed by atoms with Gasteiger partial charge in [-0.15, -0.1) is 0 Å². The van der Waals surface area contributed by atoms with Crippen LogP contribution in [-0.4, -0.2) is 24.4 Å². The average Bonchev–Trinajstić information content (AvgIpc) is 2.51. The molecule has 0 aliphatic carbocycles. The summed E-state index contributed by atoms with van der Waals surface area (Å²) in [6.07, 6.45) is 0. The van der Waals surface area contributed by atoms with E-state index < -0.39 is 20.9 Å². The molecule has 2 N–H and O–H groups in total. The van der Waals surface area contributed by atoms with E-state index in [4.69, 9.17) is 5.11 Å². The third-order valence-corrected chi connectivity index (χ3v) is 5.32. The number of nitro benzene ring substituents is 1. The highest BCUT2D eigenvalue weighted by Gasteiger charge is 2.22. The Bertz CT molecular complexity index is 982. The zero-order valence-corrected chi connectivity index (χ0v) is 14.5. The first-order valence-corrected chi connectivity index (χ1v) is 8.63. The molecule has 0 atom stereocenters. The molecule has 0 unspecified atom stereocenters. The smallest absolute Gasteiger partial charge is 0.335 e. The van der Waals surface area contributed by atoms with E-state index in [2.05, 4.69) is 4.72 Å². The molecule has 0 saturated carbocycles. The molecule has 0 fully saturated rings. The fourth-order valence-corrected chi connectivity index (χ4v) is 3.73. The van der Waals surface area contributed by atoms with Gasteiger partial charge in [-0.25, -0.2) is 13.2 Å². The van der Waals surface area contributed by atoms with Crippen LogP contribution in [-0.2, 0) is 10.0 Å². The number of carbonyl (C=O) groups is 1. The van der Waals surface area contributed by atoms with Gasteiger partial charge < -0.3 is 5.11 Å². The zero-order chi connectivity index (χ0) is 18.9. The number of aryl methyl sites for hydroxylation is 2. The Kier molecular flexibility index (Phi) is 4.80. The van der Waals surface area contributed by atoms with Gasteiger partial charge in [0.15, 0.2) is 0 Å². The van der Waals surface area contributed by atoms with Crippen LogP contribution in [0.25, 0.3) is 0 Å². The van der Waals surface area contributed by atoms with Gasteiger partial charge in [0.25, 0.3) is 15.7 Å². The minimum Gasteiger partial charge on any atom is -0.478 e. The van der Waals surface area contributed by atoms with Crippen molar-refractivity contribution in [3.8, 4) is 0 Å². The van der Waals surface area contributed by atoms with Gasteiger partial charge in [-0.05, 0) is 49.6 Å². The van der Waals surface area contributed by atoms with Crippen molar-refractivity contribution in [2.45, 2.75) is 25.7 Å². The number of benzene rings is 2. The summed E-state index contributed by atoms with van der Waals surface area (Å²) in [6.45, 7) is 4.78. The van der Waals surface area contributed by atoms with Crippen molar-refractivity contribution in [2.75, 3.05) is 4.72 Å². The minimum atomic E-state index is -4.12. The maximum atomic E-state index is 12.7. The third-order valence-electron chi connectivity index (χ3n) is 3.83. The zero-order valence-electron chi connectivity index (χ0n) is 13.7. The summed E-state index contributed by atoms with van der Waals surface area (Å²) in [7, 11) is -4.12. The van der Waals surface area contributed by atoms with E-state index in [1.54, 1.807) is 20.8 Å². The third kappa shape index (κ3) is 3.77. The number of non-ortho nitro benzene ring substituents is 1. The fourth-order valence-electron chi connectivity index (χ4n) is 2.26. The molecule has 8 nitrogen and oxygen atoms in total.